The van der Waals surface area contributed by atoms with Crippen LogP contribution in [0.2, 0.25) is 0 Å². The number of nitrogens with one attached hydrogen (secondary N) is 1. The molecule has 88 valence electrons. The van der Waals surface area contributed by atoms with E-state index in [2.05, 4.69) is 15.9 Å². The number of amidine groups is 1. The van der Waals surface area contributed by atoms with Gasteiger partial charge >= 0.3 is 0 Å². The van der Waals surface area contributed by atoms with E-state index >= 15 is 0 Å². The predicted molar refractivity (Wildman–Crippen MR) is 70.1 cm³/mol. The number of nitrogens with zero attached hydrogens (tertiary/aromatic N) is 1. The second-order valence-electron chi connectivity index (χ2n) is 3.69. The minimum atomic E-state index is -0.0209. The third-order valence-corrected chi connectivity index (χ3v) is 3.23. The van der Waals surface area contributed by atoms with Crippen LogP contribution in [0.1, 0.15) is 12.5 Å². The van der Waals surface area contributed by atoms with Crippen LogP contribution in [0.3, 0.4) is 0 Å². The topological polar surface area (TPSA) is 73.3 Å². The van der Waals surface area contributed by atoms with E-state index in [-0.39, 0.29) is 18.5 Å². The maximum absolute atomic E-state index is 9.13. The summed E-state index contributed by atoms with van der Waals surface area (Å²) in [5.74, 6) is 0.0134. The minimum absolute atomic E-state index is 0.0134. The molecule has 0 heterocycles. The molecule has 1 unspecified atom stereocenters. The van der Waals surface area contributed by atoms with E-state index in [9.17, 15) is 0 Å². The SMILES string of the molecule is CC(CO)N(C)c1cccc(Br)c1C(=N)N. The molecule has 5 heteroatoms. The van der Waals surface area contributed by atoms with Gasteiger partial charge in [-0.2, -0.15) is 0 Å². The summed E-state index contributed by atoms with van der Waals surface area (Å²) in [6.07, 6.45) is 0. The summed E-state index contributed by atoms with van der Waals surface area (Å²) in [4.78, 5) is 1.90. The zero-order chi connectivity index (χ0) is 12.3. The van der Waals surface area contributed by atoms with Crippen molar-refractivity contribution in [2.45, 2.75) is 13.0 Å². The van der Waals surface area contributed by atoms with Crippen LogP contribution in [0.5, 0.6) is 0 Å². The van der Waals surface area contributed by atoms with Gasteiger partial charge in [0.15, 0.2) is 0 Å². The molecule has 0 saturated carbocycles. The van der Waals surface area contributed by atoms with Gasteiger partial charge in [-0.15, -0.1) is 0 Å². The summed E-state index contributed by atoms with van der Waals surface area (Å²) in [6, 6.07) is 5.59. The molecular formula is C11H16BrN3O. The Morgan fingerprint density at radius 3 is 2.75 bits per heavy atom. The maximum Gasteiger partial charge on any atom is 0.126 e. The van der Waals surface area contributed by atoms with E-state index in [0.29, 0.717) is 5.56 Å². The van der Waals surface area contributed by atoms with Gasteiger partial charge in [0.05, 0.1) is 12.2 Å². The summed E-state index contributed by atoms with van der Waals surface area (Å²) >= 11 is 3.38. The fourth-order valence-corrected chi connectivity index (χ4v) is 2.00. The Morgan fingerprint density at radius 1 is 1.62 bits per heavy atom. The number of anilines is 1. The van der Waals surface area contributed by atoms with Gasteiger partial charge in [0, 0.05) is 23.2 Å². The summed E-state index contributed by atoms with van der Waals surface area (Å²) in [5, 5.41) is 16.7. The normalized spacial score (nSPS) is 12.2. The molecule has 0 fully saturated rings. The molecule has 4 N–H and O–H groups in total. The molecule has 0 saturated heterocycles. The fourth-order valence-electron chi connectivity index (χ4n) is 1.43. The Bertz CT molecular complexity index is 395. The molecule has 1 rings (SSSR count). The molecule has 0 bridgehead atoms. The number of halogens is 1. The van der Waals surface area contributed by atoms with E-state index in [4.69, 9.17) is 16.2 Å². The van der Waals surface area contributed by atoms with Crippen molar-refractivity contribution < 1.29 is 5.11 Å². The van der Waals surface area contributed by atoms with Crippen molar-refractivity contribution in [3.63, 3.8) is 0 Å². The van der Waals surface area contributed by atoms with Gasteiger partial charge in [-0.05, 0) is 35.0 Å². The average Bonchev–Trinajstić information content (AvgIpc) is 2.26. The summed E-state index contributed by atoms with van der Waals surface area (Å²) in [6.45, 7) is 1.96. The first-order valence-electron chi connectivity index (χ1n) is 4.95. The number of nitrogen functional groups attached to an aromatic ring is 1. The third-order valence-electron chi connectivity index (χ3n) is 2.57. The molecule has 0 aliphatic carbocycles. The minimum Gasteiger partial charge on any atom is -0.394 e. The Kier molecular flexibility index (Phi) is 4.32. The zero-order valence-corrected chi connectivity index (χ0v) is 11.0. The first kappa shape index (κ1) is 13.0. The molecule has 0 aliphatic heterocycles. The summed E-state index contributed by atoms with van der Waals surface area (Å²) in [5.41, 5.74) is 7.05. The van der Waals surface area contributed by atoms with E-state index in [1.54, 1.807) is 0 Å². The van der Waals surface area contributed by atoms with Crippen LogP contribution < -0.4 is 10.6 Å². The predicted octanol–water partition coefficient (Wildman–Crippen LogP) is 1.55. The molecule has 4 nitrogen and oxygen atoms in total. The molecule has 16 heavy (non-hydrogen) atoms. The molecule has 1 aromatic rings. The number of aliphatic hydroxyl groups is 1. The van der Waals surface area contributed by atoms with Crippen LogP contribution in [-0.2, 0) is 0 Å². The van der Waals surface area contributed by atoms with Gasteiger partial charge in [0.25, 0.3) is 0 Å². The lowest BCUT2D eigenvalue weighted by Crippen LogP contribution is -2.33. The Hall–Kier alpha value is -1.07. The summed E-state index contributed by atoms with van der Waals surface area (Å²) in [7, 11) is 1.87. The van der Waals surface area contributed by atoms with Gasteiger partial charge in [-0.3, -0.25) is 5.41 Å². The quantitative estimate of drug-likeness (QED) is 0.581. The first-order chi connectivity index (χ1) is 7.49. The van der Waals surface area contributed by atoms with Crippen LogP contribution in [0.4, 0.5) is 5.69 Å². The molecular weight excluding hydrogens is 270 g/mol. The third kappa shape index (κ3) is 2.54. The van der Waals surface area contributed by atoms with E-state index in [0.717, 1.165) is 10.2 Å². The smallest absolute Gasteiger partial charge is 0.126 e. The Labute approximate surface area is 104 Å². The molecule has 0 spiro atoms. The molecule has 0 aliphatic rings. The first-order valence-corrected chi connectivity index (χ1v) is 5.75. The van der Waals surface area contributed by atoms with Crippen molar-refractivity contribution >= 4 is 27.5 Å². The monoisotopic (exact) mass is 285 g/mol. The van der Waals surface area contributed by atoms with Crippen LogP contribution in [0.15, 0.2) is 22.7 Å². The molecule has 1 atom stereocenters. The number of nitrogens with two attached hydrogens (primary N) is 1. The summed E-state index contributed by atoms with van der Waals surface area (Å²) < 4.78 is 0.787. The molecule has 0 amide bonds. The standard InChI is InChI=1S/C11H16BrN3O/c1-7(6-16)15(2)9-5-3-4-8(12)10(9)11(13)14/h3-5,7,16H,6H2,1-2H3,(H3,13,14). The van der Waals surface area contributed by atoms with Gasteiger partial charge in [-0.1, -0.05) is 6.07 Å². The fraction of sp³-hybridized carbons (Fsp3) is 0.364. The van der Waals surface area contributed by atoms with E-state index in [1.165, 1.54) is 0 Å². The maximum atomic E-state index is 9.13. The molecule has 0 aromatic heterocycles. The lowest BCUT2D eigenvalue weighted by molar-refractivity contribution is 0.270. The number of aliphatic hydroxyl groups excluding tert-OH is 1. The van der Waals surface area contributed by atoms with Gasteiger partial charge < -0.3 is 15.7 Å². The largest absolute Gasteiger partial charge is 0.394 e. The molecule has 0 radical (unpaired) electrons. The average molecular weight is 286 g/mol. The Balaban J connectivity index is 3.22. The highest BCUT2D eigenvalue weighted by molar-refractivity contribution is 9.10. The Morgan fingerprint density at radius 2 is 2.25 bits per heavy atom. The number of benzene rings is 1. The van der Waals surface area contributed by atoms with Crippen molar-refractivity contribution in [2.75, 3.05) is 18.6 Å². The lowest BCUT2D eigenvalue weighted by atomic mass is 10.1. The number of hydrogen-bond acceptors (Lipinski definition) is 3. The zero-order valence-electron chi connectivity index (χ0n) is 9.37. The van der Waals surface area contributed by atoms with Crippen LogP contribution in [0, 0.1) is 5.41 Å². The number of hydrogen-bond donors (Lipinski definition) is 3. The van der Waals surface area contributed by atoms with E-state index in [1.807, 2.05) is 37.1 Å². The highest BCUT2D eigenvalue weighted by Gasteiger charge is 2.16. The van der Waals surface area contributed by atoms with Crippen LogP contribution in [-0.4, -0.2) is 30.6 Å². The van der Waals surface area contributed by atoms with Crippen molar-refractivity contribution in [3.05, 3.63) is 28.2 Å². The number of likely N-dealkylation sites (N-methyl/N-ethyl adjacent to an activating group) is 1. The van der Waals surface area contributed by atoms with Crippen molar-refractivity contribution in [2.24, 2.45) is 5.73 Å². The van der Waals surface area contributed by atoms with Crippen LogP contribution in [0.25, 0.3) is 0 Å². The molecule has 1 aromatic carbocycles. The van der Waals surface area contributed by atoms with Crippen molar-refractivity contribution in [3.8, 4) is 0 Å². The number of rotatable bonds is 4. The van der Waals surface area contributed by atoms with Gasteiger partial charge in [0.2, 0.25) is 0 Å². The highest BCUT2D eigenvalue weighted by Crippen LogP contribution is 2.27. The highest BCUT2D eigenvalue weighted by atomic mass is 79.9. The van der Waals surface area contributed by atoms with Crippen molar-refractivity contribution in [1.29, 1.82) is 5.41 Å². The van der Waals surface area contributed by atoms with Gasteiger partial charge in [0.1, 0.15) is 5.84 Å². The van der Waals surface area contributed by atoms with Gasteiger partial charge in [-0.25, -0.2) is 0 Å². The second-order valence-corrected chi connectivity index (χ2v) is 4.54. The lowest BCUT2D eigenvalue weighted by Gasteiger charge is -2.27. The van der Waals surface area contributed by atoms with E-state index < -0.39 is 0 Å². The second kappa shape index (κ2) is 5.32. The van der Waals surface area contributed by atoms with Crippen molar-refractivity contribution in [1.82, 2.24) is 0 Å². The van der Waals surface area contributed by atoms with Crippen LogP contribution >= 0.6 is 15.9 Å².